The number of likely N-dealkylation sites (N-methyl/N-ethyl adjacent to an activating group) is 1. The summed E-state index contributed by atoms with van der Waals surface area (Å²) in [7, 11) is 4.09. The van der Waals surface area contributed by atoms with Gasteiger partial charge in [-0.2, -0.15) is 0 Å². The van der Waals surface area contributed by atoms with Crippen molar-refractivity contribution in [2.75, 3.05) is 45.2 Å². The van der Waals surface area contributed by atoms with E-state index in [4.69, 9.17) is 0 Å². The first-order chi connectivity index (χ1) is 8.72. The Bertz CT molecular complexity index is 383. The van der Waals surface area contributed by atoms with Crippen molar-refractivity contribution in [3.05, 3.63) is 30.1 Å². The van der Waals surface area contributed by atoms with Gasteiger partial charge in [-0.05, 0) is 39.2 Å². The van der Waals surface area contributed by atoms with Gasteiger partial charge in [-0.15, -0.1) is 0 Å². The fourth-order valence-electron chi connectivity index (χ4n) is 2.57. The molecule has 4 heteroatoms. The number of benzene rings is 1. The van der Waals surface area contributed by atoms with Crippen LogP contribution in [-0.2, 0) is 0 Å². The lowest BCUT2D eigenvalue weighted by atomic mass is 10.1. The average molecular weight is 251 g/mol. The van der Waals surface area contributed by atoms with Crippen LogP contribution in [0.5, 0.6) is 0 Å². The van der Waals surface area contributed by atoms with Gasteiger partial charge in [0.1, 0.15) is 5.82 Å². The molecule has 1 aromatic carbocycles. The second kappa shape index (κ2) is 6.16. The summed E-state index contributed by atoms with van der Waals surface area (Å²) in [6.07, 6.45) is 1.04. The number of hydrogen-bond acceptors (Lipinski definition) is 3. The Hall–Kier alpha value is -1.13. The molecule has 0 radical (unpaired) electrons. The van der Waals surface area contributed by atoms with Crippen LogP contribution in [0.15, 0.2) is 24.3 Å². The number of halogens is 1. The van der Waals surface area contributed by atoms with E-state index in [2.05, 4.69) is 22.2 Å². The highest BCUT2D eigenvalue weighted by Gasteiger charge is 2.26. The first-order valence-electron chi connectivity index (χ1n) is 6.56. The number of rotatable bonds is 4. The minimum atomic E-state index is -0.114. The zero-order valence-corrected chi connectivity index (χ0v) is 11.2. The highest BCUT2D eigenvalue weighted by Crippen LogP contribution is 2.24. The maximum atomic E-state index is 13.9. The normalized spacial score (nSPS) is 21.3. The van der Waals surface area contributed by atoms with E-state index in [1.807, 2.05) is 19.2 Å². The number of para-hydroxylation sites is 1. The lowest BCUT2D eigenvalue weighted by Gasteiger charge is -2.41. The SMILES string of the molecule is CNCCC1CN(C)CCN1c1ccccc1F. The molecule has 3 nitrogen and oxygen atoms in total. The molecule has 1 heterocycles. The molecule has 0 bridgehead atoms. The van der Waals surface area contributed by atoms with Crippen LogP contribution in [-0.4, -0.2) is 51.2 Å². The van der Waals surface area contributed by atoms with E-state index in [-0.39, 0.29) is 5.82 Å². The minimum absolute atomic E-state index is 0.114. The van der Waals surface area contributed by atoms with Crippen molar-refractivity contribution in [1.29, 1.82) is 0 Å². The molecule has 18 heavy (non-hydrogen) atoms. The van der Waals surface area contributed by atoms with Crippen LogP contribution in [0, 0.1) is 5.82 Å². The topological polar surface area (TPSA) is 18.5 Å². The maximum Gasteiger partial charge on any atom is 0.146 e. The first-order valence-corrected chi connectivity index (χ1v) is 6.56. The Morgan fingerprint density at radius 2 is 2.11 bits per heavy atom. The molecule has 1 aromatic rings. The molecule has 2 rings (SSSR count). The molecule has 100 valence electrons. The van der Waals surface area contributed by atoms with Crippen LogP contribution in [0.2, 0.25) is 0 Å². The molecule has 0 saturated carbocycles. The Morgan fingerprint density at radius 1 is 1.33 bits per heavy atom. The van der Waals surface area contributed by atoms with E-state index < -0.39 is 0 Å². The number of nitrogens with one attached hydrogen (secondary N) is 1. The maximum absolute atomic E-state index is 13.9. The molecular weight excluding hydrogens is 229 g/mol. The van der Waals surface area contributed by atoms with Gasteiger partial charge in [-0.25, -0.2) is 4.39 Å². The van der Waals surface area contributed by atoms with Crippen LogP contribution in [0.1, 0.15) is 6.42 Å². The molecule has 0 aliphatic carbocycles. The lowest BCUT2D eigenvalue weighted by Crippen LogP contribution is -2.53. The monoisotopic (exact) mass is 251 g/mol. The number of nitrogens with zero attached hydrogens (tertiary/aromatic N) is 2. The quantitative estimate of drug-likeness (QED) is 0.876. The van der Waals surface area contributed by atoms with Crippen molar-refractivity contribution in [2.45, 2.75) is 12.5 Å². The van der Waals surface area contributed by atoms with Gasteiger partial charge in [0.2, 0.25) is 0 Å². The van der Waals surface area contributed by atoms with Gasteiger partial charge in [0.25, 0.3) is 0 Å². The molecule has 1 saturated heterocycles. The highest BCUT2D eigenvalue weighted by molar-refractivity contribution is 5.49. The summed E-state index contributed by atoms with van der Waals surface area (Å²) < 4.78 is 13.9. The van der Waals surface area contributed by atoms with E-state index in [0.29, 0.717) is 6.04 Å². The minimum Gasteiger partial charge on any atom is -0.364 e. The predicted octanol–water partition coefficient (Wildman–Crippen LogP) is 1.56. The standard InChI is InChI=1S/C14H22FN3/c1-16-8-7-12-11-17(2)9-10-18(12)14-6-4-3-5-13(14)15/h3-6,12,16H,7-11H2,1-2H3. The second-order valence-corrected chi connectivity index (χ2v) is 4.95. The number of hydrogen-bond donors (Lipinski definition) is 1. The number of anilines is 1. The Morgan fingerprint density at radius 3 is 2.83 bits per heavy atom. The zero-order chi connectivity index (χ0) is 13.0. The zero-order valence-electron chi connectivity index (χ0n) is 11.2. The van der Waals surface area contributed by atoms with E-state index >= 15 is 0 Å². The van der Waals surface area contributed by atoms with Crippen molar-refractivity contribution in [1.82, 2.24) is 10.2 Å². The highest BCUT2D eigenvalue weighted by atomic mass is 19.1. The second-order valence-electron chi connectivity index (χ2n) is 4.95. The van der Waals surface area contributed by atoms with Crippen molar-refractivity contribution >= 4 is 5.69 Å². The third kappa shape index (κ3) is 3.00. The Kier molecular flexibility index (Phi) is 4.55. The fraction of sp³-hybridized carbons (Fsp3) is 0.571. The third-order valence-electron chi connectivity index (χ3n) is 3.58. The summed E-state index contributed by atoms with van der Waals surface area (Å²) in [4.78, 5) is 4.53. The van der Waals surface area contributed by atoms with Crippen LogP contribution in [0.25, 0.3) is 0 Å². The van der Waals surface area contributed by atoms with Crippen molar-refractivity contribution in [3.8, 4) is 0 Å². The first kappa shape index (κ1) is 13.3. The summed E-state index contributed by atoms with van der Waals surface area (Å²) in [5, 5.41) is 3.18. The van der Waals surface area contributed by atoms with Gasteiger partial charge in [0.05, 0.1) is 5.69 Å². The fourth-order valence-corrected chi connectivity index (χ4v) is 2.57. The van der Waals surface area contributed by atoms with Crippen molar-refractivity contribution in [3.63, 3.8) is 0 Å². The predicted molar refractivity (Wildman–Crippen MR) is 73.6 cm³/mol. The van der Waals surface area contributed by atoms with Gasteiger partial charge < -0.3 is 15.1 Å². The van der Waals surface area contributed by atoms with Crippen LogP contribution >= 0.6 is 0 Å². The van der Waals surface area contributed by atoms with E-state index in [1.54, 1.807) is 12.1 Å². The van der Waals surface area contributed by atoms with Crippen LogP contribution < -0.4 is 10.2 Å². The number of piperazine rings is 1. The van der Waals surface area contributed by atoms with Crippen LogP contribution in [0.4, 0.5) is 10.1 Å². The summed E-state index contributed by atoms with van der Waals surface area (Å²) >= 11 is 0. The molecule has 0 amide bonds. The lowest BCUT2D eigenvalue weighted by molar-refractivity contribution is 0.259. The Balaban J connectivity index is 2.15. The molecule has 1 atom stereocenters. The van der Waals surface area contributed by atoms with Gasteiger partial charge >= 0.3 is 0 Å². The van der Waals surface area contributed by atoms with Gasteiger partial charge in [0.15, 0.2) is 0 Å². The van der Waals surface area contributed by atoms with Gasteiger partial charge in [-0.1, -0.05) is 12.1 Å². The van der Waals surface area contributed by atoms with E-state index in [1.165, 1.54) is 0 Å². The van der Waals surface area contributed by atoms with Crippen LogP contribution in [0.3, 0.4) is 0 Å². The Labute approximate surface area is 109 Å². The molecule has 1 fully saturated rings. The molecule has 1 aliphatic rings. The average Bonchev–Trinajstić information content (AvgIpc) is 2.37. The summed E-state index contributed by atoms with van der Waals surface area (Å²) in [6, 6.07) is 7.47. The summed E-state index contributed by atoms with van der Waals surface area (Å²) in [5.74, 6) is -0.114. The largest absolute Gasteiger partial charge is 0.364 e. The smallest absolute Gasteiger partial charge is 0.146 e. The summed E-state index contributed by atoms with van der Waals surface area (Å²) in [6.45, 7) is 3.84. The van der Waals surface area contributed by atoms with Gasteiger partial charge in [0, 0.05) is 25.7 Å². The molecule has 0 aromatic heterocycles. The van der Waals surface area contributed by atoms with Crippen molar-refractivity contribution in [2.24, 2.45) is 0 Å². The van der Waals surface area contributed by atoms with Crippen molar-refractivity contribution < 1.29 is 4.39 Å². The molecular formula is C14H22FN3. The summed E-state index contributed by atoms with van der Waals surface area (Å²) in [5.41, 5.74) is 0.742. The molecule has 0 spiro atoms. The van der Waals surface area contributed by atoms with E-state index in [0.717, 1.165) is 38.3 Å². The van der Waals surface area contributed by atoms with Gasteiger partial charge in [-0.3, -0.25) is 0 Å². The molecule has 1 unspecified atom stereocenters. The third-order valence-corrected chi connectivity index (χ3v) is 3.58. The van der Waals surface area contributed by atoms with E-state index in [9.17, 15) is 4.39 Å². The molecule has 1 N–H and O–H groups in total. The molecule has 1 aliphatic heterocycles.